The molecule has 4 aromatic rings. The lowest BCUT2D eigenvalue weighted by atomic mass is 9.93. The second kappa shape index (κ2) is 11.3. The Kier molecular flexibility index (Phi) is 7.47. The third-order valence-electron chi connectivity index (χ3n) is 6.38. The highest BCUT2D eigenvalue weighted by atomic mass is 19.1. The van der Waals surface area contributed by atoms with E-state index in [1.54, 1.807) is 24.5 Å². The lowest BCUT2D eigenvalue weighted by molar-refractivity contribution is -0.111. The summed E-state index contributed by atoms with van der Waals surface area (Å²) in [5, 5.41) is 19.3. The fourth-order valence-electron chi connectivity index (χ4n) is 4.37. The van der Waals surface area contributed by atoms with Crippen molar-refractivity contribution in [2.75, 3.05) is 16.0 Å². The molecule has 0 atom stereocenters. The van der Waals surface area contributed by atoms with Crippen LogP contribution in [0.15, 0.2) is 54.9 Å². The van der Waals surface area contributed by atoms with Crippen LogP contribution in [0.3, 0.4) is 0 Å². The number of nitrogens with one attached hydrogen (secondary N) is 3. The Labute approximate surface area is 219 Å². The van der Waals surface area contributed by atoms with Gasteiger partial charge in [0.15, 0.2) is 17.0 Å². The molecular weight excluding hydrogens is 485 g/mol. The van der Waals surface area contributed by atoms with Crippen LogP contribution >= 0.6 is 0 Å². The first kappa shape index (κ1) is 25.2. The summed E-state index contributed by atoms with van der Waals surface area (Å²) >= 11 is 0. The van der Waals surface area contributed by atoms with E-state index in [1.165, 1.54) is 24.3 Å². The minimum Gasteiger partial charge on any atom is -0.393 e. The van der Waals surface area contributed by atoms with E-state index in [-0.39, 0.29) is 18.0 Å². The average Bonchev–Trinajstić information content (AvgIpc) is 3.33. The highest BCUT2D eigenvalue weighted by molar-refractivity contribution is 6.04. The minimum atomic E-state index is -0.485. The zero-order valence-electron chi connectivity index (χ0n) is 20.9. The highest BCUT2D eigenvalue weighted by Gasteiger charge is 2.21. The molecule has 2 aromatic heterocycles. The molecule has 0 spiro atoms. The number of halogens is 1. The van der Waals surface area contributed by atoms with E-state index in [0.717, 1.165) is 25.7 Å². The van der Waals surface area contributed by atoms with Gasteiger partial charge in [0.25, 0.3) is 0 Å². The summed E-state index contributed by atoms with van der Waals surface area (Å²) in [5.74, 6) is 5.44. The number of fused-ring (bicyclic) bond motifs is 1. The van der Waals surface area contributed by atoms with E-state index in [2.05, 4.69) is 32.8 Å². The Morgan fingerprint density at radius 1 is 1.11 bits per heavy atom. The van der Waals surface area contributed by atoms with Gasteiger partial charge in [0.05, 0.1) is 12.4 Å². The normalized spacial score (nSPS) is 16.9. The van der Waals surface area contributed by atoms with Gasteiger partial charge < -0.3 is 25.6 Å². The summed E-state index contributed by atoms with van der Waals surface area (Å²) < 4.78 is 15.0. The highest BCUT2D eigenvalue weighted by Crippen LogP contribution is 2.27. The molecule has 0 saturated heterocycles. The van der Waals surface area contributed by atoms with Gasteiger partial charge in [-0.2, -0.15) is 9.97 Å². The molecule has 0 aliphatic heterocycles. The number of carbonyl (C=O) groups excluding carboxylic acids is 1. The number of nitrogens with zero attached hydrogens (tertiary/aromatic N) is 4. The van der Waals surface area contributed by atoms with E-state index in [1.807, 2.05) is 17.6 Å². The van der Waals surface area contributed by atoms with Crippen molar-refractivity contribution < 1.29 is 14.3 Å². The van der Waals surface area contributed by atoms with Crippen molar-refractivity contribution in [3.8, 4) is 11.8 Å². The molecule has 1 fully saturated rings. The smallest absolute Gasteiger partial charge is 0.300 e. The van der Waals surface area contributed by atoms with E-state index < -0.39 is 5.91 Å². The maximum Gasteiger partial charge on any atom is 0.300 e. The van der Waals surface area contributed by atoms with Gasteiger partial charge in [-0.1, -0.05) is 12.0 Å². The monoisotopic (exact) mass is 513 g/mol. The molecule has 0 unspecified atom stereocenters. The van der Waals surface area contributed by atoms with Crippen LogP contribution in [0.4, 0.5) is 27.5 Å². The average molecular weight is 514 g/mol. The fourth-order valence-corrected chi connectivity index (χ4v) is 4.37. The SMILES string of the molecule is CCn1cnc2c(Nc3cccc(NC(=O)C#Cc4ccc(F)cc4)c3)nc(N[C@H]3CC[C@H](O)CC3)nc21. The Hall–Kier alpha value is -4.49. The van der Waals surface area contributed by atoms with E-state index in [4.69, 9.17) is 9.97 Å². The summed E-state index contributed by atoms with van der Waals surface area (Å²) in [4.78, 5) is 26.3. The number of benzene rings is 2. The number of hydrogen-bond acceptors (Lipinski definition) is 7. The van der Waals surface area contributed by atoms with E-state index >= 15 is 0 Å². The number of imidazole rings is 1. The van der Waals surface area contributed by atoms with Gasteiger partial charge in [-0.3, -0.25) is 4.79 Å². The Bertz CT molecular complexity index is 1500. The lowest BCUT2D eigenvalue weighted by Gasteiger charge is -2.26. The van der Waals surface area contributed by atoms with Gasteiger partial charge in [0.2, 0.25) is 5.95 Å². The Balaban J connectivity index is 1.34. The van der Waals surface area contributed by atoms with Gasteiger partial charge in [0.1, 0.15) is 5.82 Å². The zero-order valence-corrected chi connectivity index (χ0v) is 20.9. The van der Waals surface area contributed by atoms with Gasteiger partial charge >= 0.3 is 5.91 Å². The first-order valence-electron chi connectivity index (χ1n) is 12.6. The molecule has 1 aliphatic rings. The van der Waals surface area contributed by atoms with Crippen LogP contribution < -0.4 is 16.0 Å². The third kappa shape index (κ3) is 6.07. The minimum absolute atomic E-state index is 0.191. The number of aliphatic hydroxyl groups excluding tert-OH is 1. The second-order valence-corrected chi connectivity index (χ2v) is 9.17. The van der Waals surface area contributed by atoms with Gasteiger partial charge in [0, 0.05) is 35.4 Å². The summed E-state index contributed by atoms with van der Waals surface area (Å²) in [6.45, 7) is 2.74. The van der Waals surface area contributed by atoms with Crippen molar-refractivity contribution in [2.24, 2.45) is 0 Å². The van der Waals surface area contributed by atoms with Gasteiger partial charge in [-0.05, 0) is 75.1 Å². The second-order valence-electron chi connectivity index (χ2n) is 9.17. The number of aryl methyl sites for hydroxylation is 1. The molecule has 9 nitrogen and oxygen atoms in total. The molecule has 1 aliphatic carbocycles. The standard InChI is InChI=1S/C28H28FN7O2/c1-2-36-17-30-25-26(34-28(35-27(25)36)33-20-11-13-23(37)14-12-20)32-22-5-3-4-21(16-22)31-24(38)15-8-18-6-9-19(29)10-7-18/h3-7,9-10,16-17,20,23,37H,2,11-14H2,1H3,(H,31,38)(H2,32,33,34,35)/t20-,23-. The quantitative estimate of drug-likeness (QED) is 0.282. The zero-order chi connectivity index (χ0) is 26.5. The maximum absolute atomic E-state index is 13.1. The van der Waals surface area contributed by atoms with Crippen molar-refractivity contribution in [3.63, 3.8) is 0 Å². The van der Waals surface area contributed by atoms with Crippen molar-refractivity contribution >= 4 is 40.2 Å². The van der Waals surface area contributed by atoms with Crippen molar-refractivity contribution in [1.82, 2.24) is 19.5 Å². The third-order valence-corrected chi connectivity index (χ3v) is 6.38. The van der Waals surface area contributed by atoms with Crippen LogP contribution in [0.25, 0.3) is 11.2 Å². The first-order valence-corrected chi connectivity index (χ1v) is 12.6. The van der Waals surface area contributed by atoms with Crippen LogP contribution in [0.2, 0.25) is 0 Å². The summed E-state index contributed by atoms with van der Waals surface area (Å²) in [6, 6.07) is 13.0. The van der Waals surface area contributed by atoms with Crippen LogP contribution in [-0.2, 0) is 11.3 Å². The molecule has 1 amide bonds. The summed E-state index contributed by atoms with van der Waals surface area (Å²) in [7, 11) is 0. The topological polar surface area (TPSA) is 117 Å². The predicted octanol–water partition coefficient (Wildman–Crippen LogP) is 4.43. The molecule has 2 heterocycles. The number of amides is 1. The Morgan fingerprint density at radius 3 is 2.63 bits per heavy atom. The number of rotatable bonds is 6. The van der Waals surface area contributed by atoms with Crippen molar-refractivity contribution in [1.29, 1.82) is 0 Å². The van der Waals surface area contributed by atoms with Crippen molar-refractivity contribution in [2.45, 2.75) is 51.3 Å². The molecule has 1 saturated carbocycles. The largest absolute Gasteiger partial charge is 0.393 e. The van der Waals surface area contributed by atoms with Crippen LogP contribution in [0.1, 0.15) is 38.2 Å². The number of anilines is 4. The van der Waals surface area contributed by atoms with E-state index in [9.17, 15) is 14.3 Å². The van der Waals surface area contributed by atoms with Crippen LogP contribution in [-0.4, -0.2) is 42.7 Å². The molecule has 38 heavy (non-hydrogen) atoms. The predicted molar refractivity (Wildman–Crippen MR) is 145 cm³/mol. The molecule has 0 bridgehead atoms. The summed E-state index contributed by atoms with van der Waals surface area (Å²) in [6.07, 6.45) is 4.71. The van der Waals surface area contributed by atoms with Crippen molar-refractivity contribution in [3.05, 3.63) is 66.2 Å². The molecule has 4 N–H and O–H groups in total. The number of carbonyl (C=O) groups is 1. The number of aliphatic hydroxyl groups is 1. The Morgan fingerprint density at radius 2 is 1.87 bits per heavy atom. The molecule has 5 rings (SSSR count). The van der Waals surface area contributed by atoms with Crippen LogP contribution in [0.5, 0.6) is 0 Å². The number of hydrogen-bond donors (Lipinski definition) is 4. The molecule has 0 radical (unpaired) electrons. The van der Waals surface area contributed by atoms with Gasteiger partial charge in [-0.15, -0.1) is 0 Å². The fraction of sp³-hybridized carbons (Fsp3) is 0.286. The van der Waals surface area contributed by atoms with E-state index in [0.29, 0.717) is 46.4 Å². The first-order chi connectivity index (χ1) is 18.5. The molecule has 194 valence electrons. The van der Waals surface area contributed by atoms with Crippen LogP contribution in [0, 0.1) is 17.7 Å². The lowest BCUT2D eigenvalue weighted by Crippen LogP contribution is -2.29. The molecular formula is C28H28FN7O2. The number of aromatic nitrogens is 4. The molecule has 10 heteroatoms. The molecule has 2 aromatic carbocycles. The summed E-state index contributed by atoms with van der Waals surface area (Å²) in [5.41, 5.74) is 3.15. The maximum atomic E-state index is 13.1. The van der Waals surface area contributed by atoms with Gasteiger partial charge in [-0.25, -0.2) is 9.37 Å².